The van der Waals surface area contributed by atoms with Gasteiger partial charge in [0.15, 0.2) is 0 Å². The monoisotopic (exact) mass is 369 g/mol. The molecule has 5 nitrogen and oxygen atoms in total. The number of carbonyl (C=O) groups excluding carboxylic acids is 1. The lowest BCUT2D eigenvalue weighted by Gasteiger charge is -2.45. The minimum atomic E-state index is -0.660. The first-order valence-corrected chi connectivity index (χ1v) is 9.61. The van der Waals surface area contributed by atoms with Gasteiger partial charge in [-0.25, -0.2) is 0 Å². The molecule has 1 saturated carbocycles. The SMILES string of the molecule is C=CN(CC(=C)c1cccc(O)c1)C(=O)C(C)([C@H]1N[C@@H]2CC[C@H]1C2)N(C)C. The second-order valence-corrected chi connectivity index (χ2v) is 8.23. The molecule has 1 heterocycles. The van der Waals surface area contributed by atoms with Gasteiger partial charge in [-0.05, 0) is 69.5 Å². The quantitative estimate of drug-likeness (QED) is 0.776. The lowest BCUT2D eigenvalue weighted by atomic mass is 9.81. The fraction of sp³-hybridized carbons (Fsp3) is 0.500. The van der Waals surface area contributed by atoms with Crippen molar-refractivity contribution in [3.8, 4) is 5.75 Å². The molecule has 27 heavy (non-hydrogen) atoms. The lowest BCUT2D eigenvalue weighted by Crippen LogP contribution is -2.66. The molecule has 0 spiro atoms. The summed E-state index contributed by atoms with van der Waals surface area (Å²) in [6, 6.07) is 7.62. The van der Waals surface area contributed by atoms with Crippen molar-refractivity contribution in [3.05, 3.63) is 49.2 Å². The van der Waals surface area contributed by atoms with Gasteiger partial charge in [-0.3, -0.25) is 9.69 Å². The molecule has 146 valence electrons. The van der Waals surface area contributed by atoms with Crippen molar-refractivity contribution >= 4 is 11.5 Å². The van der Waals surface area contributed by atoms with Gasteiger partial charge in [0, 0.05) is 18.3 Å². The summed E-state index contributed by atoms with van der Waals surface area (Å²) in [7, 11) is 3.94. The van der Waals surface area contributed by atoms with Gasteiger partial charge in [-0.1, -0.05) is 25.3 Å². The fourth-order valence-electron chi connectivity index (χ4n) is 4.62. The Hall–Kier alpha value is -2.11. The second-order valence-electron chi connectivity index (χ2n) is 8.23. The molecule has 1 unspecified atom stereocenters. The first-order chi connectivity index (χ1) is 12.8. The highest BCUT2D eigenvalue weighted by atomic mass is 16.3. The molecule has 1 aromatic rings. The van der Waals surface area contributed by atoms with E-state index in [1.165, 1.54) is 12.8 Å². The minimum Gasteiger partial charge on any atom is -0.508 e. The number of rotatable bonds is 7. The van der Waals surface area contributed by atoms with E-state index >= 15 is 0 Å². The topological polar surface area (TPSA) is 55.8 Å². The van der Waals surface area contributed by atoms with Crippen molar-refractivity contribution < 1.29 is 9.90 Å². The van der Waals surface area contributed by atoms with E-state index in [0.717, 1.165) is 17.6 Å². The van der Waals surface area contributed by atoms with Crippen LogP contribution in [-0.2, 0) is 4.79 Å². The number of benzene rings is 1. The second kappa shape index (κ2) is 7.49. The number of piperidine rings is 1. The molecule has 1 saturated heterocycles. The maximum Gasteiger partial charge on any atom is 0.248 e. The number of likely N-dealkylation sites (N-methyl/N-ethyl adjacent to an activating group) is 1. The molecule has 0 aromatic heterocycles. The third kappa shape index (κ3) is 3.54. The predicted octanol–water partition coefficient (Wildman–Crippen LogP) is 2.84. The Morgan fingerprint density at radius 1 is 1.41 bits per heavy atom. The zero-order chi connectivity index (χ0) is 19.8. The lowest BCUT2D eigenvalue weighted by molar-refractivity contribution is -0.141. The molecule has 3 rings (SSSR count). The summed E-state index contributed by atoms with van der Waals surface area (Å²) < 4.78 is 0. The van der Waals surface area contributed by atoms with Crippen molar-refractivity contribution in [3.63, 3.8) is 0 Å². The van der Waals surface area contributed by atoms with Crippen molar-refractivity contribution in [2.75, 3.05) is 20.6 Å². The largest absolute Gasteiger partial charge is 0.508 e. The molecule has 1 aliphatic carbocycles. The third-order valence-electron chi connectivity index (χ3n) is 6.42. The maximum atomic E-state index is 13.6. The van der Waals surface area contributed by atoms with Crippen LogP contribution < -0.4 is 5.32 Å². The van der Waals surface area contributed by atoms with Gasteiger partial charge in [-0.2, -0.15) is 0 Å². The number of hydrogen-bond acceptors (Lipinski definition) is 4. The molecule has 2 bridgehead atoms. The standard InChI is InChI=1S/C22H31N3O2/c1-6-25(14-15(2)16-8-7-9-19(26)13-16)21(27)22(3,24(4)5)20-17-10-11-18(12-17)23-20/h6-9,13,17-18,20,23,26H,1-2,10-12,14H2,3-5H3/t17-,18+,20-,22?/m0/s1. The summed E-state index contributed by atoms with van der Waals surface area (Å²) in [6.07, 6.45) is 5.14. The molecular formula is C22H31N3O2. The molecule has 0 radical (unpaired) electrons. The Labute approximate surface area is 162 Å². The third-order valence-corrected chi connectivity index (χ3v) is 6.42. The predicted molar refractivity (Wildman–Crippen MR) is 109 cm³/mol. The number of phenols is 1. The van der Waals surface area contributed by atoms with Crippen LogP contribution in [0.5, 0.6) is 5.75 Å². The first-order valence-electron chi connectivity index (χ1n) is 9.61. The van der Waals surface area contributed by atoms with Crippen LogP contribution >= 0.6 is 0 Å². The molecule has 4 atom stereocenters. The number of nitrogens with zero attached hydrogens (tertiary/aromatic N) is 2. The van der Waals surface area contributed by atoms with E-state index in [0.29, 0.717) is 18.5 Å². The van der Waals surface area contributed by atoms with Crippen LogP contribution in [0.1, 0.15) is 31.7 Å². The van der Waals surface area contributed by atoms with Crippen molar-refractivity contribution in [1.29, 1.82) is 0 Å². The minimum absolute atomic E-state index is 0.0221. The van der Waals surface area contributed by atoms with Gasteiger partial charge in [0.1, 0.15) is 11.3 Å². The van der Waals surface area contributed by atoms with Crippen LogP contribution in [0.25, 0.3) is 5.57 Å². The summed E-state index contributed by atoms with van der Waals surface area (Å²) in [5.74, 6) is 0.746. The van der Waals surface area contributed by atoms with Crippen LogP contribution in [0.2, 0.25) is 0 Å². The molecule has 1 aromatic carbocycles. The van der Waals surface area contributed by atoms with E-state index in [4.69, 9.17) is 0 Å². The van der Waals surface area contributed by atoms with Gasteiger partial charge in [-0.15, -0.1) is 0 Å². The van der Waals surface area contributed by atoms with E-state index in [1.54, 1.807) is 29.3 Å². The number of aromatic hydroxyl groups is 1. The normalized spacial score (nSPS) is 26.0. The summed E-state index contributed by atoms with van der Waals surface area (Å²) in [5, 5.41) is 13.4. The van der Waals surface area contributed by atoms with Crippen LogP contribution in [0, 0.1) is 5.92 Å². The number of phenolic OH excluding ortho intramolecular Hbond substituents is 1. The zero-order valence-corrected chi connectivity index (χ0v) is 16.6. The smallest absolute Gasteiger partial charge is 0.248 e. The molecule has 1 aliphatic heterocycles. The summed E-state index contributed by atoms with van der Waals surface area (Å²) >= 11 is 0. The van der Waals surface area contributed by atoms with E-state index in [9.17, 15) is 9.90 Å². The van der Waals surface area contributed by atoms with Crippen LogP contribution in [0.3, 0.4) is 0 Å². The maximum absolute atomic E-state index is 13.6. The zero-order valence-electron chi connectivity index (χ0n) is 16.6. The molecule has 1 amide bonds. The Bertz CT molecular complexity index is 745. The highest BCUT2D eigenvalue weighted by Gasteiger charge is 2.54. The average Bonchev–Trinajstić information content (AvgIpc) is 3.28. The van der Waals surface area contributed by atoms with E-state index in [-0.39, 0.29) is 17.7 Å². The van der Waals surface area contributed by atoms with Gasteiger partial charge in [0.25, 0.3) is 0 Å². The number of amides is 1. The highest BCUT2D eigenvalue weighted by molar-refractivity contribution is 5.89. The Balaban J connectivity index is 1.81. The Morgan fingerprint density at radius 2 is 2.15 bits per heavy atom. The molecule has 2 aliphatic rings. The van der Waals surface area contributed by atoms with Crippen molar-refractivity contribution in [1.82, 2.24) is 15.1 Å². The van der Waals surface area contributed by atoms with Gasteiger partial charge in [0.2, 0.25) is 5.91 Å². The summed E-state index contributed by atoms with van der Waals surface area (Å²) in [4.78, 5) is 17.3. The number of fused-ring (bicyclic) bond motifs is 2. The summed E-state index contributed by atoms with van der Waals surface area (Å²) in [6.45, 7) is 10.4. The van der Waals surface area contributed by atoms with E-state index in [1.807, 2.05) is 32.0 Å². The van der Waals surface area contributed by atoms with Crippen molar-refractivity contribution in [2.45, 2.75) is 43.8 Å². The number of carbonyl (C=O) groups is 1. The number of hydrogen-bond donors (Lipinski definition) is 2. The molecule has 2 N–H and O–H groups in total. The fourth-order valence-corrected chi connectivity index (χ4v) is 4.62. The molecule has 2 fully saturated rings. The molecule has 5 heteroatoms. The Morgan fingerprint density at radius 3 is 2.67 bits per heavy atom. The van der Waals surface area contributed by atoms with Gasteiger partial charge < -0.3 is 15.3 Å². The van der Waals surface area contributed by atoms with Crippen LogP contribution in [-0.4, -0.2) is 59.1 Å². The van der Waals surface area contributed by atoms with E-state index in [2.05, 4.69) is 18.5 Å². The van der Waals surface area contributed by atoms with Crippen LogP contribution in [0.4, 0.5) is 0 Å². The Kier molecular flexibility index (Phi) is 5.45. The van der Waals surface area contributed by atoms with Crippen LogP contribution in [0.15, 0.2) is 43.6 Å². The molecular weight excluding hydrogens is 338 g/mol. The van der Waals surface area contributed by atoms with Gasteiger partial charge in [0.05, 0.1) is 6.54 Å². The van der Waals surface area contributed by atoms with Crippen molar-refractivity contribution in [2.24, 2.45) is 5.92 Å². The summed E-state index contributed by atoms with van der Waals surface area (Å²) in [5.41, 5.74) is 0.924. The highest BCUT2D eigenvalue weighted by Crippen LogP contribution is 2.41. The first kappa shape index (κ1) is 19.6. The van der Waals surface area contributed by atoms with E-state index < -0.39 is 5.54 Å². The average molecular weight is 370 g/mol. The van der Waals surface area contributed by atoms with Gasteiger partial charge >= 0.3 is 0 Å². The number of nitrogens with one attached hydrogen (secondary N) is 1.